The highest BCUT2D eigenvalue weighted by Crippen LogP contribution is 2.35. The Balaban J connectivity index is 1.26. The molecule has 12 heteroatoms. The van der Waals surface area contributed by atoms with Crippen LogP contribution in [-0.2, 0) is 4.74 Å². The Morgan fingerprint density at radius 3 is 2.33 bits per heavy atom. The van der Waals surface area contributed by atoms with Crippen LogP contribution in [0.2, 0.25) is 0 Å². The third kappa shape index (κ3) is 7.62. The average Bonchev–Trinajstić information content (AvgIpc) is 3.35. The van der Waals surface area contributed by atoms with E-state index in [1.165, 1.54) is 17.8 Å². The first-order valence-electron chi connectivity index (χ1n) is 15.7. The third-order valence-corrected chi connectivity index (χ3v) is 8.26. The number of hydrogen-bond acceptors (Lipinski definition) is 9. The molecule has 238 valence electrons. The number of nitrogens with zero attached hydrogens (tertiary/aromatic N) is 6. The second-order valence-corrected chi connectivity index (χ2v) is 13.0. The van der Waals surface area contributed by atoms with Crippen molar-refractivity contribution in [2.45, 2.75) is 64.1 Å². The predicted molar refractivity (Wildman–Crippen MR) is 175 cm³/mol. The standard InChI is InChI=1S/C33H42FN9O2/c1-33(2,3)45-32(44)38-25-6-5-7-27(20-25)43-29-28(39-31(43)37-24-10-8-22(34)9-11-24)21-35-30(40-29)36-23-12-14-26(15-13-23)42-18-16-41(4)17-19-42/h8-15,21,25,27H,5-7,16-20H2,1-4H3,(H,37,39)(H,38,44)(H,35,36,40)/t25?,27-/m0/s1. The average molecular weight is 616 g/mol. The second kappa shape index (κ2) is 12.9. The number of benzene rings is 2. The molecule has 1 saturated heterocycles. The Bertz CT molecular complexity index is 1610. The van der Waals surface area contributed by atoms with Crippen LogP contribution in [0.4, 0.5) is 38.1 Å². The number of imidazole rings is 1. The van der Waals surface area contributed by atoms with Gasteiger partial charge < -0.3 is 30.5 Å². The van der Waals surface area contributed by atoms with Gasteiger partial charge in [-0.15, -0.1) is 0 Å². The first-order chi connectivity index (χ1) is 21.6. The largest absolute Gasteiger partial charge is 0.444 e. The maximum Gasteiger partial charge on any atom is 0.407 e. The number of alkyl carbamates (subject to hydrolysis) is 1. The van der Waals surface area contributed by atoms with Gasteiger partial charge in [0, 0.05) is 55.3 Å². The van der Waals surface area contributed by atoms with Crippen molar-refractivity contribution >= 4 is 46.2 Å². The van der Waals surface area contributed by atoms with Crippen molar-refractivity contribution in [3.05, 3.63) is 60.5 Å². The number of aromatic nitrogens is 4. The number of rotatable bonds is 7. The van der Waals surface area contributed by atoms with Crippen LogP contribution in [0.5, 0.6) is 0 Å². The summed E-state index contributed by atoms with van der Waals surface area (Å²) in [6, 6.07) is 14.5. The predicted octanol–water partition coefficient (Wildman–Crippen LogP) is 6.21. The van der Waals surface area contributed by atoms with Gasteiger partial charge in [-0.2, -0.15) is 4.98 Å². The summed E-state index contributed by atoms with van der Waals surface area (Å²) in [5.41, 5.74) is 3.54. The van der Waals surface area contributed by atoms with Crippen LogP contribution >= 0.6 is 0 Å². The summed E-state index contributed by atoms with van der Waals surface area (Å²) in [7, 11) is 2.16. The molecular formula is C33H42FN9O2. The summed E-state index contributed by atoms with van der Waals surface area (Å²) < 4.78 is 21.3. The highest BCUT2D eigenvalue weighted by atomic mass is 19.1. The van der Waals surface area contributed by atoms with Crippen molar-refractivity contribution in [1.82, 2.24) is 29.7 Å². The van der Waals surface area contributed by atoms with Crippen LogP contribution in [0.25, 0.3) is 11.2 Å². The van der Waals surface area contributed by atoms with Crippen molar-refractivity contribution in [2.75, 3.05) is 48.8 Å². The van der Waals surface area contributed by atoms with E-state index in [2.05, 4.69) is 54.5 Å². The molecule has 45 heavy (non-hydrogen) atoms. The van der Waals surface area contributed by atoms with Gasteiger partial charge in [0.2, 0.25) is 11.9 Å². The molecule has 2 aromatic carbocycles. The molecule has 0 bridgehead atoms. The summed E-state index contributed by atoms with van der Waals surface area (Å²) in [6.45, 7) is 9.70. The fourth-order valence-electron chi connectivity index (χ4n) is 6.00. The van der Waals surface area contributed by atoms with Crippen molar-refractivity contribution in [2.24, 2.45) is 0 Å². The molecule has 2 aliphatic rings. The summed E-state index contributed by atoms with van der Waals surface area (Å²) in [5.74, 6) is 0.738. The van der Waals surface area contributed by atoms with E-state index in [-0.39, 0.29) is 17.9 Å². The smallest absolute Gasteiger partial charge is 0.407 e. The lowest BCUT2D eigenvalue weighted by Gasteiger charge is -2.34. The summed E-state index contributed by atoms with van der Waals surface area (Å²) >= 11 is 0. The molecule has 3 N–H and O–H groups in total. The maximum absolute atomic E-state index is 13.6. The van der Waals surface area contributed by atoms with E-state index in [1.54, 1.807) is 18.3 Å². The molecule has 11 nitrogen and oxygen atoms in total. The Hall–Kier alpha value is -4.45. The minimum Gasteiger partial charge on any atom is -0.444 e. The summed E-state index contributed by atoms with van der Waals surface area (Å²) in [4.78, 5) is 31.7. The molecule has 0 spiro atoms. The Morgan fingerprint density at radius 1 is 0.933 bits per heavy atom. The zero-order valence-electron chi connectivity index (χ0n) is 26.4. The zero-order chi connectivity index (χ0) is 31.6. The number of anilines is 5. The SMILES string of the molecule is CN1CCN(c2ccc(Nc3ncc4nc(Nc5ccc(F)cc5)n([C@H]5CCCC(NC(=O)OC(C)(C)C)C5)c4n3)cc2)CC1. The molecule has 3 heterocycles. The van der Waals surface area contributed by atoms with Gasteiger partial charge in [-0.25, -0.2) is 19.2 Å². The molecule has 0 radical (unpaired) electrons. The Morgan fingerprint density at radius 2 is 1.62 bits per heavy atom. The molecule has 1 saturated carbocycles. The van der Waals surface area contributed by atoms with Crippen molar-refractivity contribution in [3.8, 4) is 0 Å². The number of hydrogen-bond donors (Lipinski definition) is 3. The van der Waals surface area contributed by atoms with Gasteiger partial charge in [0.15, 0.2) is 5.65 Å². The number of likely N-dealkylation sites (N-methyl/N-ethyl adjacent to an activating group) is 1. The Labute approximate surface area is 263 Å². The van der Waals surface area contributed by atoms with Crippen LogP contribution < -0.4 is 20.9 Å². The van der Waals surface area contributed by atoms with Crippen molar-refractivity contribution in [3.63, 3.8) is 0 Å². The minimum atomic E-state index is -0.573. The highest BCUT2D eigenvalue weighted by molar-refractivity contribution is 5.77. The van der Waals surface area contributed by atoms with Gasteiger partial charge in [-0.05, 0) is 102 Å². The summed E-state index contributed by atoms with van der Waals surface area (Å²) in [6.07, 6.45) is 4.64. The lowest BCUT2D eigenvalue weighted by atomic mass is 9.91. The second-order valence-electron chi connectivity index (χ2n) is 13.0. The normalized spacial score (nSPS) is 19.4. The molecule has 2 fully saturated rings. The Kier molecular flexibility index (Phi) is 8.75. The monoisotopic (exact) mass is 615 g/mol. The molecule has 1 amide bonds. The quantitative estimate of drug-likeness (QED) is 0.223. The van der Waals surface area contributed by atoms with Gasteiger partial charge >= 0.3 is 6.09 Å². The van der Waals surface area contributed by atoms with Crippen LogP contribution in [-0.4, -0.2) is 75.4 Å². The van der Waals surface area contributed by atoms with E-state index in [4.69, 9.17) is 14.7 Å². The number of nitrogens with one attached hydrogen (secondary N) is 3. The minimum absolute atomic E-state index is 0.00254. The van der Waals surface area contributed by atoms with E-state index in [9.17, 15) is 9.18 Å². The van der Waals surface area contributed by atoms with E-state index < -0.39 is 11.7 Å². The number of piperazine rings is 1. The van der Waals surface area contributed by atoms with E-state index in [1.807, 2.05) is 32.9 Å². The van der Waals surface area contributed by atoms with Gasteiger partial charge in [0.1, 0.15) is 16.9 Å². The lowest BCUT2D eigenvalue weighted by Crippen LogP contribution is -2.44. The highest BCUT2D eigenvalue weighted by Gasteiger charge is 2.30. The molecule has 2 aromatic heterocycles. The fraction of sp³-hybridized carbons (Fsp3) is 0.455. The fourth-order valence-corrected chi connectivity index (χ4v) is 6.00. The molecule has 2 atom stereocenters. The molecule has 1 aliphatic carbocycles. The topological polar surface area (TPSA) is 112 Å². The first-order valence-corrected chi connectivity index (χ1v) is 15.7. The van der Waals surface area contributed by atoms with Gasteiger partial charge in [0.05, 0.1) is 6.20 Å². The molecule has 6 rings (SSSR count). The van der Waals surface area contributed by atoms with Crippen LogP contribution in [0.3, 0.4) is 0 Å². The van der Waals surface area contributed by atoms with Crippen LogP contribution in [0.15, 0.2) is 54.7 Å². The number of halogens is 1. The van der Waals surface area contributed by atoms with E-state index in [0.717, 1.165) is 51.1 Å². The lowest BCUT2D eigenvalue weighted by molar-refractivity contribution is 0.0486. The molecule has 1 aliphatic heterocycles. The van der Waals surface area contributed by atoms with Crippen molar-refractivity contribution < 1.29 is 13.9 Å². The van der Waals surface area contributed by atoms with E-state index >= 15 is 0 Å². The summed E-state index contributed by atoms with van der Waals surface area (Å²) in [5, 5.41) is 9.78. The number of carbonyl (C=O) groups is 1. The maximum atomic E-state index is 13.6. The van der Waals surface area contributed by atoms with Crippen molar-refractivity contribution in [1.29, 1.82) is 0 Å². The third-order valence-electron chi connectivity index (χ3n) is 8.26. The number of carbonyl (C=O) groups excluding carboxylic acids is 1. The molecule has 1 unspecified atom stereocenters. The van der Waals surface area contributed by atoms with Gasteiger partial charge in [0.25, 0.3) is 0 Å². The van der Waals surface area contributed by atoms with Gasteiger partial charge in [-0.3, -0.25) is 4.57 Å². The van der Waals surface area contributed by atoms with E-state index in [0.29, 0.717) is 35.2 Å². The number of amides is 1. The first kappa shape index (κ1) is 30.6. The zero-order valence-corrected chi connectivity index (χ0v) is 26.4. The van der Waals surface area contributed by atoms with Crippen LogP contribution in [0.1, 0.15) is 52.5 Å². The molecule has 4 aromatic rings. The molecular weight excluding hydrogens is 573 g/mol. The van der Waals surface area contributed by atoms with Gasteiger partial charge in [-0.1, -0.05) is 0 Å². The number of ether oxygens (including phenoxy) is 1. The number of fused-ring (bicyclic) bond motifs is 1. The van der Waals surface area contributed by atoms with Crippen LogP contribution in [0, 0.1) is 5.82 Å².